The van der Waals surface area contributed by atoms with E-state index in [-0.39, 0.29) is 11.9 Å². The standard InChI is InChI=1S/C18H21NO2/c1-14(16-9-11-17(21-2)12-10-16)19-18(20)13-8-15-6-4-3-5-7-15/h3-7,9-12,14H,8,13H2,1-2H3,(H,19,20)/t14-/m0/s1. The Morgan fingerprint density at radius 2 is 1.76 bits per heavy atom. The van der Waals surface area contributed by atoms with Crippen molar-refractivity contribution in [2.45, 2.75) is 25.8 Å². The first-order valence-electron chi connectivity index (χ1n) is 7.16. The van der Waals surface area contributed by atoms with Crippen molar-refractivity contribution in [2.75, 3.05) is 7.11 Å². The Labute approximate surface area is 126 Å². The molecule has 0 unspecified atom stereocenters. The van der Waals surface area contributed by atoms with Gasteiger partial charge in [0.1, 0.15) is 5.75 Å². The summed E-state index contributed by atoms with van der Waals surface area (Å²) in [7, 11) is 1.64. The molecule has 1 atom stereocenters. The summed E-state index contributed by atoms with van der Waals surface area (Å²) in [6, 6.07) is 17.8. The van der Waals surface area contributed by atoms with Gasteiger partial charge in [-0.3, -0.25) is 4.79 Å². The van der Waals surface area contributed by atoms with Crippen LogP contribution in [0, 0.1) is 0 Å². The number of hydrogen-bond donors (Lipinski definition) is 1. The Hall–Kier alpha value is -2.29. The lowest BCUT2D eigenvalue weighted by atomic mass is 10.1. The molecule has 1 N–H and O–H groups in total. The highest BCUT2D eigenvalue weighted by atomic mass is 16.5. The molecule has 0 saturated heterocycles. The summed E-state index contributed by atoms with van der Waals surface area (Å²) < 4.78 is 5.13. The van der Waals surface area contributed by atoms with E-state index in [0.717, 1.165) is 17.7 Å². The predicted octanol–water partition coefficient (Wildman–Crippen LogP) is 3.51. The summed E-state index contributed by atoms with van der Waals surface area (Å²) in [6.07, 6.45) is 1.27. The van der Waals surface area contributed by atoms with Crippen LogP contribution in [0.25, 0.3) is 0 Å². The minimum atomic E-state index is -0.000760. The van der Waals surface area contributed by atoms with Gasteiger partial charge in [-0.2, -0.15) is 0 Å². The second kappa shape index (κ2) is 7.48. The molecule has 21 heavy (non-hydrogen) atoms. The summed E-state index contributed by atoms with van der Waals surface area (Å²) in [5, 5.41) is 3.02. The minimum Gasteiger partial charge on any atom is -0.497 e. The lowest BCUT2D eigenvalue weighted by molar-refractivity contribution is -0.121. The average molecular weight is 283 g/mol. The van der Waals surface area contributed by atoms with E-state index < -0.39 is 0 Å². The molecule has 2 rings (SSSR count). The fourth-order valence-electron chi connectivity index (χ4n) is 2.19. The van der Waals surface area contributed by atoms with Crippen LogP contribution in [-0.4, -0.2) is 13.0 Å². The third kappa shape index (κ3) is 4.63. The fourth-order valence-corrected chi connectivity index (χ4v) is 2.19. The number of ether oxygens (including phenoxy) is 1. The average Bonchev–Trinajstić information content (AvgIpc) is 2.54. The van der Waals surface area contributed by atoms with E-state index in [1.165, 1.54) is 5.56 Å². The lowest BCUT2D eigenvalue weighted by Gasteiger charge is -2.14. The van der Waals surface area contributed by atoms with Gasteiger partial charge >= 0.3 is 0 Å². The number of carbonyl (C=O) groups is 1. The Morgan fingerprint density at radius 1 is 1.10 bits per heavy atom. The number of rotatable bonds is 6. The van der Waals surface area contributed by atoms with Gasteiger partial charge in [0.15, 0.2) is 0 Å². The van der Waals surface area contributed by atoms with Crippen molar-refractivity contribution in [3.05, 3.63) is 65.7 Å². The van der Waals surface area contributed by atoms with Gasteiger partial charge in [-0.1, -0.05) is 42.5 Å². The van der Waals surface area contributed by atoms with Gasteiger partial charge in [0, 0.05) is 6.42 Å². The van der Waals surface area contributed by atoms with Crippen molar-refractivity contribution in [1.29, 1.82) is 0 Å². The van der Waals surface area contributed by atoms with Crippen molar-refractivity contribution in [3.63, 3.8) is 0 Å². The quantitative estimate of drug-likeness (QED) is 0.881. The number of hydrogen-bond acceptors (Lipinski definition) is 2. The maximum absolute atomic E-state index is 12.0. The first-order valence-corrected chi connectivity index (χ1v) is 7.16. The molecule has 0 aromatic heterocycles. The monoisotopic (exact) mass is 283 g/mol. The number of carbonyl (C=O) groups excluding carboxylic acids is 1. The maximum atomic E-state index is 12.0. The summed E-state index contributed by atoms with van der Waals surface area (Å²) in [5.74, 6) is 0.892. The van der Waals surface area contributed by atoms with Gasteiger partial charge in [-0.05, 0) is 36.6 Å². The van der Waals surface area contributed by atoms with Crippen LogP contribution in [0.5, 0.6) is 5.75 Å². The summed E-state index contributed by atoms with van der Waals surface area (Å²) in [5.41, 5.74) is 2.26. The number of benzene rings is 2. The highest BCUT2D eigenvalue weighted by Crippen LogP contribution is 2.17. The molecule has 1 amide bonds. The third-order valence-electron chi connectivity index (χ3n) is 3.48. The maximum Gasteiger partial charge on any atom is 0.220 e. The number of methoxy groups -OCH3 is 1. The van der Waals surface area contributed by atoms with Crippen molar-refractivity contribution in [3.8, 4) is 5.75 Å². The lowest BCUT2D eigenvalue weighted by Crippen LogP contribution is -2.26. The molecule has 0 aliphatic carbocycles. The normalized spacial score (nSPS) is 11.7. The summed E-state index contributed by atoms with van der Waals surface area (Å²) >= 11 is 0. The third-order valence-corrected chi connectivity index (χ3v) is 3.48. The Kier molecular flexibility index (Phi) is 5.38. The van der Waals surface area contributed by atoms with Crippen LogP contribution in [0.15, 0.2) is 54.6 Å². The number of nitrogens with one attached hydrogen (secondary N) is 1. The van der Waals surface area contributed by atoms with E-state index in [0.29, 0.717) is 6.42 Å². The Bertz CT molecular complexity index is 564. The van der Waals surface area contributed by atoms with Crippen molar-refractivity contribution < 1.29 is 9.53 Å². The zero-order chi connectivity index (χ0) is 15.1. The van der Waals surface area contributed by atoms with Gasteiger partial charge < -0.3 is 10.1 Å². The van der Waals surface area contributed by atoms with Crippen LogP contribution < -0.4 is 10.1 Å². The molecule has 3 heteroatoms. The zero-order valence-electron chi connectivity index (χ0n) is 12.5. The van der Waals surface area contributed by atoms with Gasteiger partial charge in [-0.15, -0.1) is 0 Å². The molecule has 0 radical (unpaired) electrons. The van der Waals surface area contributed by atoms with Crippen LogP contribution >= 0.6 is 0 Å². The van der Waals surface area contributed by atoms with Crippen molar-refractivity contribution in [1.82, 2.24) is 5.32 Å². The second-order valence-electron chi connectivity index (χ2n) is 5.05. The molecule has 110 valence electrons. The molecule has 0 bridgehead atoms. The Morgan fingerprint density at radius 3 is 2.38 bits per heavy atom. The molecule has 0 aliphatic rings. The highest BCUT2D eigenvalue weighted by molar-refractivity contribution is 5.76. The molecule has 0 aliphatic heterocycles. The van der Waals surface area contributed by atoms with Crippen LogP contribution in [0.2, 0.25) is 0 Å². The molecule has 3 nitrogen and oxygen atoms in total. The molecule has 0 heterocycles. The predicted molar refractivity (Wildman–Crippen MR) is 84.3 cm³/mol. The van der Waals surface area contributed by atoms with Crippen molar-refractivity contribution in [2.24, 2.45) is 0 Å². The van der Waals surface area contributed by atoms with Crippen LogP contribution in [-0.2, 0) is 11.2 Å². The van der Waals surface area contributed by atoms with E-state index in [1.54, 1.807) is 7.11 Å². The molecule has 0 saturated carbocycles. The van der Waals surface area contributed by atoms with E-state index in [9.17, 15) is 4.79 Å². The van der Waals surface area contributed by atoms with E-state index in [4.69, 9.17) is 4.74 Å². The van der Waals surface area contributed by atoms with E-state index in [1.807, 2.05) is 61.5 Å². The van der Waals surface area contributed by atoms with Gasteiger partial charge in [0.2, 0.25) is 5.91 Å². The number of aryl methyl sites for hydroxylation is 1. The largest absolute Gasteiger partial charge is 0.497 e. The minimum absolute atomic E-state index is 0.000760. The molecule has 0 fully saturated rings. The van der Waals surface area contributed by atoms with Gasteiger partial charge in [-0.25, -0.2) is 0 Å². The van der Waals surface area contributed by atoms with E-state index in [2.05, 4.69) is 5.32 Å². The zero-order valence-corrected chi connectivity index (χ0v) is 12.5. The number of amides is 1. The topological polar surface area (TPSA) is 38.3 Å². The smallest absolute Gasteiger partial charge is 0.220 e. The van der Waals surface area contributed by atoms with Crippen LogP contribution in [0.4, 0.5) is 0 Å². The SMILES string of the molecule is COc1ccc([C@H](C)NC(=O)CCc2ccccc2)cc1. The van der Waals surface area contributed by atoms with Crippen LogP contribution in [0.1, 0.15) is 30.5 Å². The molecule has 2 aromatic carbocycles. The molecular formula is C18H21NO2. The molecule has 0 spiro atoms. The van der Waals surface area contributed by atoms with Gasteiger partial charge in [0.05, 0.1) is 13.2 Å². The molecular weight excluding hydrogens is 262 g/mol. The van der Waals surface area contributed by atoms with Gasteiger partial charge in [0.25, 0.3) is 0 Å². The first-order chi connectivity index (χ1) is 10.2. The first kappa shape index (κ1) is 15.1. The van der Waals surface area contributed by atoms with Crippen molar-refractivity contribution >= 4 is 5.91 Å². The second-order valence-corrected chi connectivity index (χ2v) is 5.05. The van der Waals surface area contributed by atoms with Crippen LogP contribution in [0.3, 0.4) is 0 Å². The Balaban J connectivity index is 1.83. The summed E-state index contributed by atoms with van der Waals surface area (Å²) in [4.78, 5) is 12.0. The van der Waals surface area contributed by atoms with E-state index >= 15 is 0 Å². The fraction of sp³-hybridized carbons (Fsp3) is 0.278. The highest BCUT2D eigenvalue weighted by Gasteiger charge is 2.09. The molecule has 2 aromatic rings. The summed E-state index contributed by atoms with van der Waals surface area (Å²) in [6.45, 7) is 1.99.